The molecule has 0 heterocycles. The molecule has 0 spiro atoms. The number of halogens is 2. The fourth-order valence-electron chi connectivity index (χ4n) is 1.65. The van der Waals surface area contributed by atoms with Crippen LogP contribution >= 0.6 is 11.6 Å². The number of amides is 1. The van der Waals surface area contributed by atoms with Gasteiger partial charge in [0.05, 0.1) is 5.02 Å². The van der Waals surface area contributed by atoms with E-state index in [2.05, 4.69) is 10.5 Å². The number of oxime groups is 1. The highest BCUT2D eigenvalue weighted by molar-refractivity contribution is 6.30. The van der Waals surface area contributed by atoms with E-state index < -0.39 is 11.7 Å². The van der Waals surface area contributed by atoms with E-state index in [0.717, 1.165) is 6.07 Å². The van der Waals surface area contributed by atoms with Gasteiger partial charge in [-0.3, -0.25) is 4.79 Å². The third-order valence-corrected chi connectivity index (χ3v) is 3.01. The minimum absolute atomic E-state index is 0.0551. The first kappa shape index (κ1) is 14.8. The predicted octanol–water partition coefficient (Wildman–Crippen LogP) is 2.83. The minimum Gasteiger partial charge on any atom is -0.409 e. The monoisotopic (exact) mass is 307 g/mol. The van der Waals surface area contributed by atoms with Gasteiger partial charge in [-0.15, -0.1) is 0 Å². The number of nitrogens with two attached hydrogens (primary N) is 1. The molecule has 0 unspecified atom stereocenters. The summed E-state index contributed by atoms with van der Waals surface area (Å²) in [6.45, 7) is 0. The van der Waals surface area contributed by atoms with Crippen molar-refractivity contribution in [1.29, 1.82) is 0 Å². The summed E-state index contributed by atoms with van der Waals surface area (Å²) >= 11 is 5.56. The third kappa shape index (κ3) is 3.49. The SMILES string of the molecule is N/C(=N/O)c1cccc(NC(=O)c2ccc(Cl)c(F)c2)c1. The first-order valence-electron chi connectivity index (χ1n) is 5.85. The van der Waals surface area contributed by atoms with Crippen LogP contribution in [-0.4, -0.2) is 17.0 Å². The second-order valence-electron chi connectivity index (χ2n) is 4.15. The highest BCUT2D eigenvalue weighted by Gasteiger charge is 2.10. The van der Waals surface area contributed by atoms with Crippen LogP contribution in [0.1, 0.15) is 15.9 Å². The maximum Gasteiger partial charge on any atom is 0.255 e. The fourth-order valence-corrected chi connectivity index (χ4v) is 1.77. The number of nitrogens with zero attached hydrogens (tertiary/aromatic N) is 1. The average Bonchev–Trinajstić information content (AvgIpc) is 2.49. The van der Waals surface area contributed by atoms with E-state index >= 15 is 0 Å². The van der Waals surface area contributed by atoms with Gasteiger partial charge in [0.15, 0.2) is 5.84 Å². The van der Waals surface area contributed by atoms with Crippen molar-refractivity contribution in [3.8, 4) is 0 Å². The van der Waals surface area contributed by atoms with Crippen LogP contribution in [0.25, 0.3) is 0 Å². The molecule has 7 heteroatoms. The van der Waals surface area contributed by atoms with Crippen LogP contribution in [0.4, 0.5) is 10.1 Å². The average molecular weight is 308 g/mol. The first-order chi connectivity index (χ1) is 10.0. The molecule has 0 aromatic heterocycles. The molecule has 0 aliphatic carbocycles. The lowest BCUT2D eigenvalue weighted by Crippen LogP contribution is -2.15. The van der Waals surface area contributed by atoms with Gasteiger partial charge >= 0.3 is 0 Å². The highest BCUT2D eigenvalue weighted by atomic mass is 35.5. The van der Waals surface area contributed by atoms with Crippen molar-refractivity contribution in [2.45, 2.75) is 0 Å². The second-order valence-corrected chi connectivity index (χ2v) is 4.56. The van der Waals surface area contributed by atoms with Gasteiger partial charge in [0.2, 0.25) is 0 Å². The molecule has 0 aliphatic heterocycles. The summed E-state index contributed by atoms with van der Waals surface area (Å²) in [5, 5.41) is 14.0. The molecule has 2 aromatic rings. The largest absolute Gasteiger partial charge is 0.409 e. The second kappa shape index (κ2) is 6.23. The summed E-state index contributed by atoms with van der Waals surface area (Å²) in [6.07, 6.45) is 0. The smallest absolute Gasteiger partial charge is 0.255 e. The number of anilines is 1. The van der Waals surface area contributed by atoms with Crippen LogP contribution in [0.5, 0.6) is 0 Å². The van der Waals surface area contributed by atoms with E-state index in [1.54, 1.807) is 18.2 Å². The molecule has 0 saturated heterocycles. The Morgan fingerprint density at radius 1 is 1.24 bits per heavy atom. The number of rotatable bonds is 3. The van der Waals surface area contributed by atoms with Crippen molar-refractivity contribution in [3.05, 3.63) is 64.4 Å². The summed E-state index contributed by atoms with van der Waals surface area (Å²) in [5.74, 6) is -1.25. The first-order valence-corrected chi connectivity index (χ1v) is 6.23. The van der Waals surface area contributed by atoms with Crippen LogP contribution in [0.2, 0.25) is 5.02 Å². The minimum atomic E-state index is -0.672. The summed E-state index contributed by atoms with van der Waals surface area (Å²) in [4.78, 5) is 12.0. The quantitative estimate of drug-likeness (QED) is 0.352. The van der Waals surface area contributed by atoms with Gasteiger partial charge in [0.1, 0.15) is 5.82 Å². The van der Waals surface area contributed by atoms with Crippen LogP contribution in [0.15, 0.2) is 47.6 Å². The topological polar surface area (TPSA) is 87.7 Å². The van der Waals surface area contributed by atoms with Crippen LogP contribution in [0, 0.1) is 5.82 Å². The van der Waals surface area contributed by atoms with E-state index in [4.69, 9.17) is 22.5 Å². The van der Waals surface area contributed by atoms with Gasteiger partial charge in [-0.2, -0.15) is 0 Å². The van der Waals surface area contributed by atoms with Crippen LogP contribution in [0.3, 0.4) is 0 Å². The summed E-state index contributed by atoms with van der Waals surface area (Å²) < 4.78 is 13.3. The standard InChI is InChI=1S/C14H11ClFN3O2/c15-11-5-4-9(7-12(11)16)14(20)18-10-3-1-2-8(6-10)13(17)19-21/h1-7,21H,(H2,17,19)(H,18,20). The zero-order valence-electron chi connectivity index (χ0n) is 10.7. The number of nitrogens with one attached hydrogen (secondary N) is 1. The van der Waals surface area contributed by atoms with Crippen molar-refractivity contribution in [3.63, 3.8) is 0 Å². The molecule has 0 saturated carbocycles. The molecule has 0 atom stereocenters. The lowest BCUT2D eigenvalue weighted by atomic mass is 10.1. The van der Waals surface area contributed by atoms with Gasteiger partial charge < -0.3 is 16.3 Å². The third-order valence-electron chi connectivity index (χ3n) is 2.71. The molecular formula is C14H11ClFN3O2. The van der Waals surface area contributed by atoms with Crippen molar-refractivity contribution < 1.29 is 14.4 Å². The Hall–Kier alpha value is -2.60. The Bertz CT molecular complexity index is 719. The lowest BCUT2D eigenvalue weighted by molar-refractivity contribution is 0.102. The van der Waals surface area contributed by atoms with Gasteiger partial charge in [-0.1, -0.05) is 28.9 Å². The van der Waals surface area contributed by atoms with Crippen LogP contribution in [-0.2, 0) is 0 Å². The zero-order valence-corrected chi connectivity index (χ0v) is 11.4. The van der Waals surface area contributed by atoms with E-state index in [1.807, 2.05) is 0 Å². The number of carbonyl (C=O) groups is 1. The Morgan fingerprint density at radius 3 is 2.67 bits per heavy atom. The van der Waals surface area contributed by atoms with Gasteiger partial charge in [-0.05, 0) is 30.3 Å². The Balaban J connectivity index is 2.21. The predicted molar refractivity (Wildman–Crippen MR) is 78.3 cm³/mol. The van der Waals surface area contributed by atoms with E-state index in [0.29, 0.717) is 11.3 Å². The normalized spacial score (nSPS) is 11.2. The Kier molecular flexibility index (Phi) is 4.39. The molecule has 1 amide bonds. The number of amidine groups is 1. The molecule has 2 rings (SSSR count). The van der Waals surface area contributed by atoms with Gasteiger partial charge in [0.25, 0.3) is 5.91 Å². The molecule has 5 nitrogen and oxygen atoms in total. The van der Waals surface area contributed by atoms with Crippen molar-refractivity contribution in [1.82, 2.24) is 0 Å². The maximum atomic E-state index is 13.3. The summed E-state index contributed by atoms with van der Waals surface area (Å²) in [6, 6.07) is 10.2. The molecule has 21 heavy (non-hydrogen) atoms. The molecule has 0 radical (unpaired) electrons. The Labute approximate surface area is 124 Å². The van der Waals surface area contributed by atoms with Crippen molar-refractivity contribution >= 4 is 29.0 Å². The van der Waals surface area contributed by atoms with E-state index in [-0.39, 0.29) is 16.4 Å². The molecule has 108 valence electrons. The van der Waals surface area contributed by atoms with Crippen molar-refractivity contribution in [2.75, 3.05) is 5.32 Å². The number of hydrogen-bond donors (Lipinski definition) is 3. The van der Waals surface area contributed by atoms with Crippen LogP contribution < -0.4 is 11.1 Å². The van der Waals surface area contributed by atoms with Gasteiger partial charge in [0, 0.05) is 16.8 Å². The number of hydrogen-bond acceptors (Lipinski definition) is 3. The zero-order chi connectivity index (χ0) is 15.4. The molecular weight excluding hydrogens is 297 g/mol. The summed E-state index contributed by atoms with van der Waals surface area (Å²) in [5.41, 5.74) is 6.47. The summed E-state index contributed by atoms with van der Waals surface area (Å²) in [7, 11) is 0. The molecule has 0 bridgehead atoms. The van der Waals surface area contributed by atoms with E-state index in [1.165, 1.54) is 18.2 Å². The number of carbonyl (C=O) groups excluding carboxylic acids is 1. The molecule has 0 aliphatic rings. The lowest BCUT2D eigenvalue weighted by Gasteiger charge is -2.07. The molecule has 0 fully saturated rings. The van der Waals surface area contributed by atoms with Gasteiger partial charge in [-0.25, -0.2) is 4.39 Å². The fraction of sp³-hybridized carbons (Fsp3) is 0. The Morgan fingerprint density at radius 2 is 2.00 bits per heavy atom. The van der Waals surface area contributed by atoms with Crippen molar-refractivity contribution in [2.24, 2.45) is 10.9 Å². The number of benzene rings is 2. The molecule has 4 N–H and O–H groups in total. The van der Waals surface area contributed by atoms with E-state index in [9.17, 15) is 9.18 Å². The maximum absolute atomic E-state index is 13.3. The molecule has 2 aromatic carbocycles. The highest BCUT2D eigenvalue weighted by Crippen LogP contribution is 2.17.